The van der Waals surface area contributed by atoms with E-state index < -0.39 is 0 Å². The Morgan fingerprint density at radius 3 is 2.58 bits per heavy atom. The average molecular weight is 431 g/mol. The van der Waals surface area contributed by atoms with E-state index in [0.717, 1.165) is 63.6 Å². The molecule has 2 aliphatic rings. The van der Waals surface area contributed by atoms with Crippen LogP contribution in [0.15, 0.2) is 29.3 Å². The molecule has 2 heterocycles. The molecule has 1 unspecified atom stereocenters. The number of carbonyl (C=O) groups is 1. The van der Waals surface area contributed by atoms with E-state index in [2.05, 4.69) is 41.8 Å². The van der Waals surface area contributed by atoms with Crippen molar-refractivity contribution in [1.29, 1.82) is 0 Å². The summed E-state index contributed by atoms with van der Waals surface area (Å²) in [6.07, 6.45) is 3.23. The fourth-order valence-electron chi connectivity index (χ4n) is 3.92. The molecule has 0 spiro atoms. The van der Waals surface area contributed by atoms with Gasteiger partial charge in [0.05, 0.1) is 19.3 Å². The van der Waals surface area contributed by atoms with Gasteiger partial charge in [0.25, 0.3) is 0 Å². The maximum Gasteiger partial charge on any atom is 0.225 e. The molecule has 2 aliphatic heterocycles. The fraction of sp³-hybridized carbons (Fsp3) is 0.667. The van der Waals surface area contributed by atoms with Crippen molar-refractivity contribution in [2.75, 3.05) is 32.8 Å². The number of hydrogen-bond donors (Lipinski definition) is 2. The summed E-state index contributed by atoms with van der Waals surface area (Å²) in [4.78, 5) is 18.9. The minimum Gasteiger partial charge on any atom is -0.381 e. The van der Waals surface area contributed by atoms with Crippen LogP contribution < -0.4 is 10.6 Å². The second kappa shape index (κ2) is 12.1. The third-order valence-electron chi connectivity index (χ3n) is 5.78. The third kappa shape index (κ3) is 7.51. The molecule has 0 aliphatic carbocycles. The molecule has 7 nitrogen and oxygen atoms in total. The Labute approximate surface area is 186 Å². The first-order chi connectivity index (χ1) is 15.0. The van der Waals surface area contributed by atoms with E-state index in [-0.39, 0.29) is 17.9 Å². The van der Waals surface area contributed by atoms with Crippen LogP contribution in [0.3, 0.4) is 0 Å². The summed E-state index contributed by atoms with van der Waals surface area (Å²) >= 11 is 0. The van der Waals surface area contributed by atoms with E-state index in [9.17, 15) is 4.79 Å². The minimum absolute atomic E-state index is 0.0470. The van der Waals surface area contributed by atoms with E-state index in [1.807, 2.05) is 18.7 Å². The smallest absolute Gasteiger partial charge is 0.225 e. The highest BCUT2D eigenvalue weighted by molar-refractivity contribution is 5.81. The second-order valence-corrected chi connectivity index (χ2v) is 8.70. The molecule has 0 aromatic heterocycles. The summed E-state index contributed by atoms with van der Waals surface area (Å²) < 4.78 is 11.4. The number of ether oxygens (including phenoxy) is 2. The number of carbonyl (C=O) groups excluding carboxylic acids is 1. The Hall–Kier alpha value is -2.12. The van der Waals surface area contributed by atoms with Crippen LogP contribution in [0.2, 0.25) is 0 Å². The molecule has 31 heavy (non-hydrogen) atoms. The first-order valence-electron chi connectivity index (χ1n) is 11.7. The molecular weight excluding hydrogens is 392 g/mol. The van der Waals surface area contributed by atoms with Crippen molar-refractivity contribution in [3.8, 4) is 0 Å². The lowest BCUT2D eigenvalue weighted by atomic mass is 10.1. The Bertz CT molecular complexity index is 714. The van der Waals surface area contributed by atoms with Gasteiger partial charge in [0, 0.05) is 44.8 Å². The molecule has 172 valence electrons. The monoisotopic (exact) mass is 430 g/mol. The van der Waals surface area contributed by atoms with Crippen molar-refractivity contribution in [2.24, 2.45) is 10.9 Å². The highest BCUT2D eigenvalue weighted by atomic mass is 16.5. The molecule has 1 aromatic rings. The fourth-order valence-corrected chi connectivity index (χ4v) is 3.92. The van der Waals surface area contributed by atoms with E-state index in [4.69, 9.17) is 14.5 Å². The maximum absolute atomic E-state index is 12.2. The number of likely N-dealkylation sites (tertiary alicyclic amines) is 1. The number of benzene rings is 1. The Morgan fingerprint density at radius 2 is 1.90 bits per heavy atom. The van der Waals surface area contributed by atoms with Crippen molar-refractivity contribution in [1.82, 2.24) is 15.5 Å². The second-order valence-electron chi connectivity index (χ2n) is 8.70. The van der Waals surface area contributed by atoms with E-state index in [0.29, 0.717) is 19.3 Å². The van der Waals surface area contributed by atoms with Crippen molar-refractivity contribution >= 4 is 11.9 Å². The number of nitrogens with one attached hydrogen (secondary N) is 2. The van der Waals surface area contributed by atoms with Crippen LogP contribution >= 0.6 is 0 Å². The van der Waals surface area contributed by atoms with E-state index in [1.54, 1.807) is 0 Å². The van der Waals surface area contributed by atoms with Gasteiger partial charge in [-0.1, -0.05) is 38.1 Å². The molecule has 1 atom stereocenters. The maximum atomic E-state index is 12.2. The highest BCUT2D eigenvalue weighted by Crippen LogP contribution is 2.15. The number of rotatable bonds is 8. The normalized spacial score (nSPS) is 20.3. The van der Waals surface area contributed by atoms with Crippen molar-refractivity contribution in [2.45, 2.75) is 65.3 Å². The van der Waals surface area contributed by atoms with Crippen LogP contribution in [-0.4, -0.2) is 61.8 Å². The molecule has 2 fully saturated rings. The number of aliphatic imine (C=N–C) groups is 1. The summed E-state index contributed by atoms with van der Waals surface area (Å²) in [6.45, 7) is 11.2. The number of nitrogens with zero attached hydrogens (tertiary/aromatic N) is 2. The van der Waals surface area contributed by atoms with E-state index in [1.165, 1.54) is 5.56 Å². The Balaban J connectivity index is 1.47. The summed E-state index contributed by atoms with van der Waals surface area (Å²) in [6, 6.07) is 8.72. The standard InChI is InChI=1S/C24H38N4O3/c1-4-25-24(27-21-9-12-28(16-21)23(29)18(2)3)26-15-19-5-7-20(8-6-19)17-31-22-10-13-30-14-11-22/h5-8,18,21-22H,4,9-17H2,1-3H3,(H2,25,26,27). The average Bonchev–Trinajstić information content (AvgIpc) is 3.25. The quantitative estimate of drug-likeness (QED) is 0.490. The topological polar surface area (TPSA) is 75.2 Å². The predicted octanol–water partition coefficient (Wildman–Crippen LogP) is 2.69. The lowest BCUT2D eigenvalue weighted by molar-refractivity contribution is -0.133. The lowest BCUT2D eigenvalue weighted by Crippen LogP contribution is -2.45. The molecule has 1 aromatic carbocycles. The number of guanidine groups is 1. The van der Waals surface area contributed by atoms with Crippen LogP contribution in [0, 0.1) is 5.92 Å². The van der Waals surface area contributed by atoms with Gasteiger partial charge < -0.3 is 25.0 Å². The largest absolute Gasteiger partial charge is 0.381 e. The van der Waals surface area contributed by atoms with Gasteiger partial charge in [-0.2, -0.15) is 0 Å². The van der Waals surface area contributed by atoms with Crippen molar-refractivity contribution in [3.63, 3.8) is 0 Å². The van der Waals surface area contributed by atoms with Gasteiger partial charge >= 0.3 is 0 Å². The summed E-state index contributed by atoms with van der Waals surface area (Å²) in [5.41, 5.74) is 2.35. The molecule has 0 bridgehead atoms. The predicted molar refractivity (Wildman–Crippen MR) is 123 cm³/mol. The van der Waals surface area contributed by atoms with Crippen LogP contribution in [0.1, 0.15) is 51.2 Å². The van der Waals surface area contributed by atoms with Gasteiger partial charge in [-0.15, -0.1) is 0 Å². The minimum atomic E-state index is 0.0470. The van der Waals surface area contributed by atoms with Crippen LogP contribution in [0.4, 0.5) is 0 Å². The van der Waals surface area contributed by atoms with Crippen LogP contribution in [0.25, 0.3) is 0 Å². The van der Waals surface area contributed by atoms with Crippen molar-refractivity contribution < 1.29 is 14.3 Å². The summed E-state index contributed by atoms with van der Waals surface area (Å²) in [7, 11) is 0. The molecule has 0 radical (unpaired) electrons. The van der Waals surface area contributed by atoms with Gasteiger partial charge in [-0.3, -0.25) is 4.79 Å². The third-order valence-corrected chi connectivity index (χ3v) is 5.78. The zero-order chi connectivity index (χ0) is 22.1. The van der Waals surface area contributed by atoms with Crippen LogP contribution in [-0.2, 0) is 27.4 Å². The van der Waals surface area contributed by atoms with Gasteiger partial charge in [-0.05, 0) is 37.3 Å². The molecule has 7 heteroatoms. The van der Waals surface area contributed by atoms with Gasteiger partial charge in [-0.25, -0.2) is 4.99 Å². The Kier molecular flexibility index (Phi) is 9.15. The highest BCUT2D eigenvalue weighted by Gasteiger charge is 2.27. The molecule has 0 saturated carbocycles. The zero-order valence-corrected chi connectivity index (χ0v) is 19.2. The van der Waals surface area contributed by atoms with Crippen LogP contribution in [0.5, 0.6) is 0 Å². The van der Waals surface area contributed by atoms with Gasteiger partial charge in [0.15, 0.2) is 5.96 Å². The first kappa shape index (κ1) is 23.5. The van der Waals surface area contributed by atoms with Crippen molar-refractivity contribution in [3.05, 3.63) is 35.4 Å². The van der Waals surface area contributed by atoms with Gasteiger partial charge in [0.2, 0.25) is 5.91 Å². The van der Waals surface area contributed by atoms with E-state index >= 15 is 0 Å². The summed E-state index contributed by atoms with van der Waals surface area (Å²) in [5.74, 6) is 1.08. The number of amides is 1. The molecular formula is C24H38N4O3. The zero-order valence-electron chi connectivity index (χ0n) is 19.2. The number of hydrogen-bond acceptors (Lipinski definition) is 4. The lowest BCUT2D eigenvalue weighted by Gasteiger charge is -2.22. The molecule has 1 amide bonds. The Morgan fingerprint density at radius 1 is 1.19 bits per heavy atom. The molecule has 2 saturated heterocycles. The van der Waals surface area contributed by atoms with Gasteiger partial charge in [0.1, 0.15) is 0 Å². The molecule has 2 N–H and O–H groups in total. The summed E-state index contributed by atoms with van der Waals surface area (Å²) in [5, 5.41) is 6.81. The SMILES string of the molecule is CCNC(=NCc1ccc(COC2CCOCC2)cc1)NC1CCN(C(=O)C(C)C)C1. The molecule has 3 rings (SSSR count). The first-order valence-corrected chi connectivity index (χ1v) is 11.7.